The summed E-state index contributed by atoms with van der Waals surface area (Å²) in [5.41, 5.74) is 1.95. The van der Waals surface area contributed by atoms with Gasteiger partial charge in [-0.25, -0.2) is 4.39 Å². The molecule has 3 rings (SSSR count). The second-order valence-electron chi connectivity index (χ2n) is 3.66. The van der Waals surface area contributed by atoms with Crippen LogP contribution >= 0.6 is 0 Å². The van der Waals surface area contributed by atoms with Crippen LogP contribution in [0.5, 0.6) is 0 Å². The van der Waals surface area contributed by atoms with E-state index in [4.69, 9.17) is 5.26 Å². The number of nitrogens with zero attached hydrogens (tertiary/aromatic N) is 1. The Hall–Kier alpha value is -2.34. The van der Waals surface area contributed by atoms with Crippen molar-refractivity contribution >= 4 is 21.8 Å². The standard InChI is InChI=1S/C13H7FN2/c14-9-5-8(7-15)13-10-3-1-2-4-11(10)16-12(13)6-9/h1-6,16H. The van der Waals surface area contributed by atoms with Crippen LogP contribution in [-0.2, 0) is 0 Å². The predicted molar refractivity (Wildman–Crippen MR) is 60.5 cm³/mol. The molecule has 0 saturated carbocycles. The predicted octanol–water partition coefficient (Wildman–Crippen LogP) is 3.33. The van der Waals surface area contributed by atoms with Crippen molar-refractivity contribution in [2.24, 2.45) is 0 Å². The number of aromatic nitrogens is 1. The van der Waals surface area contributed by atoms with E-state index in [-0.39, 0.29) is 0 Å². The highest BCUT2D eigenvalue weighted by atomic mass is 19.1. The van der Waals surface area contributed by atoms with Gasteiger partial charge in [-0.1, -0.05) is 18.2 Å². The largest absolute Gasteiger partial charge is 0.354 e. The third-order valence-electron chi connectivity index (χ3n) is 2.69. The Kier molecular flexibility index (Phi) is 1.72. The Bertz CT molecular complexity index is 735. The van der Waals surface area contributed by atoms with Gasteiger partial charge < -0.3 is 4.98 Å². The van der Waals surface area contributed by atoms with Gasteiger partial charge in [0.1, 0.15) is 5.82 Å². The molecule has 0 bridgehead atoms. The van der Waals surface area contributed by atoms with E-state index in [0.29, 0.717) is 11.1 Å². The molecule has 0 saturated heterocycles. The Morgan fingerprint density at radius 3 is 2.75 bits per heavy atom. The monoisotopic (exact) mass is 210 g/mol. The molecule has 16 heavy (non-hydrogen) atoms. The first-order valence-corrected chi connectivity index (χ1v) is 4.89. The summed E-state index contributed by atoms with van der Waals surface area (Å²) in [6.07, 6.45) is 0. The number of hydrogen-bond donors (Lipinski definition) is 1. The molecule has 0 aliphatic carbocycles. The fraction of sp³-hybridized carbons (Fsp3) is 0. The molecule has 0 spiro atoms. The molecule has 3 heteroatoms. The van der Waals surface area contributed by atoms with Gasteiger partial charge in [0.15, 0.2) is 0 Å². The average molecular weight is 210 g/mol. The fourth-order valence-corrected chi connectivity index (χ4v) is 2.04. The molecule has 0 radical (unpaired) electrons. The molecular formula is C13H7FN2. The second-order valence-corrected chi connectivity index (χ2v) is 3.66. The Morgan fingerprint density at radius 2 is 1.94 bits per heavy atom. The zero-order valence-corrected chi connectivity index (χ0v) is 8.29. The van der Waals surface area contributed by atoms with Crippen molar-refractivity contribution in [2.45, 2.75) is 0 Å². The van der Waals surface area contributed by atoms with Crippen LogP contribution in [0.1, 0.15) is 5.56 Å². The van der Waals surface area contributed by atoms with Crippen molar-refractivity contribution in [2.75, 3.05) is 0 Å². The van der Waals surface area contributed by atoms with E-state index in [9.17, 15) is 4.39 Å². The highest BCUT2D eigenvalue weighted by Crippen LogP contribution is 2.28. The van der Waals surface area contributed by atoms with Crippen LogP contribution in [0.4, 0.5) is 4.39 Å². The summed E-state index contributed by atoms with van der Waals surface area (Å²) in [6, 6.07) is 12.3. The molecule has 0 atom stereocenters. The summed E-state index contributed by atoms with van der Waals surface area (Å²) < 4.78 is 13.2. The van der Waals surface area contributed by atoms with Crippen LogP contribution in [-0.4, -0.2) is 4.98 Å². The third-order valence-corrected chi connectivity index (χ3v) is 2.69. The second kappa shape index (κ2) is 3.07. The highest BCUT2D eigenvalue weighted by Gasteiger charge is 2.09. The van der Waals surface area contributed by atoms with E-state index in [1.165, 1.54) is 12.1 Å². The number of nitrogens with one attached hydrogen (secondary N) is 1. The molecule has 2 aromatic carbocycles. The van der Waals surface area contributed by atoms with Crippen molar-refractivity contribution in [3.8, 4) is 6.07 Å². The first kappa shape index (κ1) is 8.93. The van der Waals surface area contributed by atoms with Crippen LogP contribution in [0, 0.1) is 17.1 Å². The molecule has 0 amide bonds. The summed E-state index contributed by atoms with van der Waals surface area (Å²) in [7, 11) is 0. The normalized spacial score (nSPS) is 10.8. The SMILES string of the molecule is N#Cc1cc(F)cc2[nH]c3ccccc3c12. The number of hydrogen-bond acceptors (Lipinski definition) is 1. The van der Waals surface area contributed by atoms with Gasteiger partial charge in [-0.3, -0.25) is 0 Å². The summed E-state index contributed by atoms with van der Waals surface area (Å²) in [5.74, 6) is -0.393. The number of benzene rings is 2. The molecule has 3 aromatic rings. The Balaban J connectivity index is 2.62. The van der Waals surface area contributed by atoms with E-state index in [0.717, 1.165) is 16.3 Å². The summed E-state index contributed by atoms with van der Waals surface area (Å²) in [4.78, 5) is 3.10. The Morgan fingerprint density at radius 1 is 1.12 bits per heavy atom. The molecule has 76 valence electrons. The van der Waals surface area contributed by atoms with Gasteiger partial charge in [0.05, 0.1) is 17.1 Å². The van der Waals surface area contributed by atoms with Crippen molar-refractivity contribution in [3.63, 3.8) is 0 Å². The van der Waals surface area contributed by atoms with Crippen LogP contribution in [0.25, 0.3) is 21.8 Å². The molecular weight excluding hydrogens is 203 g/mol. The zero-order valence-electron chi connectivity index (χ0n) is 8.29. The van der Waals surface area contributed by atoms with E-state index in [1.54, 1.807) is 0 Å². The maximum Gasteiger partial charge on any atom is 0.126 e. The smallest absolute Gasteiger partial charge is 0.126 e. The number of rotatable bonds is 0. The van der Waals surface area contributed by atoms with Gasteiger partial charge >= 0.3 is 0 Å². The van der Waals surface area contributed by atoms with Crippen molar-refractivity contribution < 1.29 is 4.39 Å². The first-order chi connectivity index (χ1) is 7.79. The highest BCUT2D eigenvalue weighted by molar-refractivity contribution is 6.09. The lowest BCUT2D eigenvalue weighted by Gasteiger charge is -1.95. The van der Waals surface area contributed by atoms with Crippen LogP contribution in [0.3, 0.4) is 0 Å². The number of nitriles is 1. The van der Waals surface area contributed by atoms with Gasteiger partial charge in [-0.05, 0) is 18.2 Å². The fourth-order valence-electron chi connectivity index (χ4n) is 2.04. The molecule has 1 N–H and O–H groups in total. The van der Waals surface area contributed by atoms with E-state index in [1.807, 2.05) is 30.3 Å². The minimum absolute atomic E-state index is 0.368. The van der Waals surface area contributed by atoms with Crippen LogP contribution in [0.2, 0.25) is 0 Å². The van der Waals surface area contributed by atoms with Gasteiger partial charge in [0, 0.05) is 16.3 Å². The van der Waals surface area contributed by atoms with Crippen LogP contribution in [0.15, 0.2) is 36.4 Å². The van der Waals surface area contributed by atoms with Crippen molar-refractivity contribution in [3.05, 3.63) is 47.8 Å². The van der Waals surface area contributed by atoms with Gasteiger partial charge in [-0.15, -0.1) is 0 Å². The maximum absolute atomic E-state index is 13.2. The lowest BCUT2D eigenvalue weighted by atomic mass is 10.1. The summed E-state index contributed by atoms with van der Waals surface area (Å²) in [5, 5.41) is 10.8. The van der Waals surface area contributed by atoms with Crippen molar-refractivity contribution in [1.29, 1.82) is 5.26 Å². The number of fused-ring (bicyclic) bond motifs is 3. The average Bonchev–Trinajstić information content (AvgIpc) is 2.65. The molecule has 0 fully saturated rings. The van der Waals surface area contributed by atoms with Crippen LogP contribution < -0.4 is 0 Å². The van der Waals surface area contributed by atoms with Gasteiger partial charge in [0.25, 0.3) is 0 Å². The first-order valence-electron chi connectivity index (χ1n) is 4.89. The topological polar surface area (TPSA) is 39.6 Å². The molecule has 2 nitrogen and oxygen atoms in total. The minimum atomic E-state index is -0.393. The Labute approximate surface area is 90.9 Å². The number of para-hydroxylation sites is 1. The third kappa shape index (κ3) is 1.10. The quantitative estimate of drug-likeness (QED) is 0.607. The molecule has 0 aliphatic rings. The number of aromatic amines is 1. The van der Waals surface area contributed by atoms with E-state index in [2.05, 4.69) is 4.98 Å². The zero-order chi connectivity index (χ0) is 11.1. The summed E-state index contributed by atoms with van der Waals surface area (Å²) in [6.45, 7) is 0. The summed E-state index contributed by atoms with van der Waals surface area (Å²) >= 11 is 0. The maximum atomic E-state index is 13.2. The molecule has 1 heterocycles. The lowest BCUT2D eigenvalue weighted by molar-refractivity contribution is 0.629. The van der Waals surface area contributed by atoms with Crippen molar-refractivity contribution in [1.82, 2.24) is 4.98 Å². The minimum Gasteiger partial charge on any atom is -0.354 e. The molecule has 1 aromatic heterocycles. The van der Waals surface area contributed by atoms with E-state index >= 15 is 0 Å². The van der Waals surface area contributed by atoms with Gasteiger partial charge in [0.2, 0.25) is 0 Å². The van der Waals surface area contributed by atoms with Gasteiger partial charge in [-0.2, -0.15) is 5.26 Å². The molecule has 0 aliphatic heterocycles. The lowest BCUT2D eigenvalue weighted by Crippen LogP contribution is -1.80. The van der Waals surface area contributed by atoms with E-state index < -0.39 is 5.82 Å². The number of halogens is 1. The molecule has 0 unspecified atom stereocenters. The number of H-pyrrole nitrogens is 1.